The summed E-state index contributed by atoms with van der Waals surface area (Å²) in [7, 11) is 1.50. The van der Waals surface area contributed by atoms with E-state index < -0.39 is 17.6 Å². The minimum absolute atomic E-state index is 0.0773. The second-order valence-electron chi connectivity index (χ2n) is 5.73. The number of benzene rings is 1. The highest BCUT2D eigenvalue weighted by Gasteiger charge is 2.21. The van der Waals surface area contributed by atoms with Crippen molar-refractivity contribution in [1.82, 2.24) is 9.97 Å². The summed E-state index contributed by atoms with van der Waals surface area (Å²) in [5, 5.41) is 5.30. The van der Waals surface area contributed by atoms with E-state index in [4.69, 9.17) is 13.9 Å². The number of methoxy groups -OCH3 is 1. The summed E-state index contributed by atoms with van der Waals surface area (Å²) in [4.78, 5) is 42.8. The number of aryl methyl sites for hydroxylation is 1. The summed E-state index contributed by atoms with van der Waals surface area (Å²) in [6.07, 6.45) is 0.561. The average molecular weight is 386 g/mol. The lowest BCUT2D eigenvalue weighted by Crippen LogP contribution is -2.17. The summed E-state index contributed by atoms with van der Waals surface area (Å²) in [5.74, 6) is -0.262. The van der Waals surface area contributed by atoms with Crippen LogP contribution in [0.2, 0.25) is 0 Å². The minimum atomic E-state index is -0.644. The molecule has 0 aliphatic rings. The molecule has 0 radical (unpaired) electrons. The summed E-state index contributed by atoms with van der Waals surface area (Å²) < 4.78 is 15.1. The van der Waals surface area contributed by atoms with Crippen molar-refractivity contribution in [2.75, 3.05) is 31.0 Å². The Morgan fingerprint density at radius 1 is 1.21 bits per heavy atom. The first kappa shape index (κ1) is 19.1. The number of amides is 2. The first-order valence-corrected chi connectivity index (χ1v) is 8.30. The number of rotatable bonds is 6. The smallest absolute Gasteiger partial charge is 0.411 e. The van der Waals surface area contributed by atoms with Gasteiger partial charge in [0.2, 0.25) is 5.71 Å². The largest absolute Gasteiger partial charge is 0.447 e. The van der Waals surface area contributed by atoms with Crippen LogP contribution in [0.15, 0.2) is 39.8 Å². The molecule has 2 aromatic heterocycles. The normalized spacial score (nSPS) is 10.6. The number of nitrogens with one attached hydrogen (secondary N) is 3. The quantitative estimate of drug-likeness (QED) is 0.553. The van der Waals surface area contributed by atoms with Crippen LogP contribution in [0.1, 0.15) is 16.1 Å². The molecular weight excluding hydrogens is 368 g/mol. The number of aromatic nitrogens is 2. The van der Waals surface area contributed by atoms with Crippen LogP contribution in [0.25, 0.3) is 11.1 Å². The van der Waals surface area contributed by atoms with Gasteiger partial charge in [-0.05, 0) is 25.1 Å². The highest BCUT2D eigenvalue weighted by molar-refractivity contribution is 6.12. The summed E-state index contributed by atoms with van der Waals surface area (Å²) in [5.41, 5.74) is 0.547. The standard InChI is InChI=1S/C18H18N4O6/c1-10-13(14-15(23)19-9-20-17(14)28-10)16(24)21-11-4-3-5-12(8-11)22-18(25)27-7-6-26-2/h3-5,8-9H,6-7H2,1-2H3,(H,21,24)(H,22,25)(H,19,20,23). The molecule has 146 valence electrons. The topological polar surface area (TPSA) is 136 Å². The fraction of sp³-hybridized carbons (Fsp3) is 0.222. The Kier molecular flexibility index (Phi) is 5.70. The van der Waals surface area contributed by atoms with Crippen molar-refractivity contribution in [1.29, 1.82) is 0 Å². The molecule has 0 spiro atoms. The Balaban J connectivity index is 1.76. The van der Waals surface area contributed by atoms with Crippen LogP contribution in [-0.2, 0) is 9.47 Å². The van der Waals surface area contributed by atoms with Crippen LogP contribution in [0, 0.1) is 6.92 Å². The molecule has 2 amide bonds. The zero-order valence-electron chi connectivity index (χ0n) is 15.2. The number of ether oxygens (including phenoxy) is 2. The van der Waals surface area contributed by atoms with Crippen molar-refractivity contribution in [3.63, 3.8) is 0 Å². The third-order valence-electron chi connectivity index (χ3n) is 3.78. The Labute approximate surface area is 158 Å². The van der Waals surface area contributed by atoms with Crippen molar-refractivity contribution in [2.24, 2.45) is 0 Å². The third kappa shape index (κ3) is 4.18. The van der Waals surface area contributed by atoms with Gasteiger partial charge in [0.15, 0.2) is 0 Å². The molecule has 0 fully saturated rings. The molecule has 0 atom stereocenters. The number of nitrogens with zero attached hydrogens (tertiary/aromatic N) is 1. The summed E-state index contributed by atoms with van der Waals surface area (Å²) in [6.45, 7) is 1.98. The summed E-state index contributed by atoms with van der Waals surface area (Å²) in [6, 6.07) is 6.48. The van der Waals surface area contributed by atoms with Gasteiger partial charge >= 0.3 is 6.09 Å². The lowest BCUT2D eigenvalue weighted by Gasteiger charge is -2.09. The van der Waals surface area contributed by atoms with E-state index in [0.717, 1.165) is 0 Å². The number of fused-ring (bicyclic) bond motifs is 1. The van der Waals surface area contributed by atoms with Crippen molar-refractivity contribution in [2.45, 2.75) is 6.92 Å². The highest BCUT2D eigenvalue weighted by Crippen LogP contribution is 2.23. The Bertz CT molecular complexity index is 1070. The molecule has 0 aliphatic carbocycles. The van der Waals surface area contributed by atoms with E-state index in [9.17, 15) is 14.4 Å². The molecule has 0 aliphatic heterocycles. The number of H-pyrrole nitrogens is 1. The van der Waals surface area contributed by atoms with E-state index in [1.807, 2.05) is 0 Å². The molecule has 2 heterocycles. The van der Waals surface area contributed by atoms with E-state index in [2.05, 4.69) is 20.6 Å². The molecule has 3 aromatic rings. The number of hydrogen-bond acceptors (Lipinski definition) is 7. The van der Waals surface area contributed by atoms with Crippen LogP contribution in [0.5, 0.6) is 0 Å². The van der Waals surface area contributed by atoms with Crippen LogP contribution in [-0.4, -0.2) is 42.3 Å². The molecule has 28 heavy (non-hydrogen) atoms. The molecule has 10 nitrogen and oxygen atoms in total. The van der Waals surface area contributed by atoms with Gasteiger partial charge in [-0.25, -0.2) is 9.78 Å². The monoisotopic (exact) mass is 386 g/mol. The van der Waals surface area contributed by atoms with Crippen molar-refractivity contribution in [3.05, 3.63) is 52.3 Å². The SMILES string of the molecule is COCCOC(=O)Nc1cccc(NC(=O)c2c(C)oc3nc[nH]c(=O)c23)c1. The predicted octanol–water partition coefficient (Wildman–Crippen LogP) is 2.27. The highest BCUT2D eigenvalue weighted by atomic mass is 16.6. The number of carbonyl (C=O) groups excluding carboxylic acids is 2. The molecule has 0 saturated carbocycles. The van der Waals surface area contributed by atoms with Gasteiger partial charge in [0.05, 0.1) is 18.5 Å². The van der Waals surface area contributed by atoms with E-state index in [1.54, 1.807) is 31.2 Å². The average Bonchev–Trinajstić information content (AvgIpc) is 2.99. The maximum absolute atomic E-state index is 12.7. The second-order valence-corrected chi connectivity index (χ2v) is 5.73. The molecule has 0 saturated heterocycles. The maximum atomic E-state index is 12.7. The molecule has 1 aromatic carbocycles. The van der Waals surface area contributed by atoms with Gasteiger partial charge in [-0.1, -0.05) is 6.07 Å². The fourth-order valence-corrected chi connectivity index (χ4v) is 2.57. The van der Waals surface area contributed by atoms with Gasteiger partial charge in [-0.2, -0.15) is 0 Å². The van der Waals surface area contributed by atoms with Crippen molar-refractivity contribution >= 4 is 34.5 Å². The van der Waals surface area contributed by atoms with Crippen molar-refractivity contribution < 1.29 is 23.5 Å². The number of furan rings is 1. The lowest BCUT2D eigenvalue weighted by atomic mass is 10.1. The van der Waals surface area contributed by atoms with Gasteiger partial charge in [-0.15, -0.1) is 0 Å². The zero-order chi connectivity index (χ0) is 20.1. The van der Waals surface area contributed by atoms with Gasteiger partial charge in [0.1, 0.15) is 17.8 Å². The Morgan fingerprint density at radius 3 is 2.71 bits per heavy atom. The molecule has 3 N–H and O–H groups in total. The molecule has 3 rings (SSSR count). The predicted molar refractivity (Wildman–Crippen MR) is 101 cm³/mol. The number of hydrogen-bond donors (Lipinski definition) is 3. The van der Waals surface area contributed by atoms with Crippen LogP contribution >= 0.6 is 0 Å². The lowest BCUT2D eigenvalue weighted by molar-refractivity contribution is 0.102. The minimum Gasteiger partial charge on any atom is -0.447 e. The van der Waals surface area contributed by atoms with E-state index in [-0.39, 0.29) is 35.6 Å². The maximum Gasteiger partial charge on any atom is 0.411 e. The molecule has 10 heteroatoms. The van der Waals surface area contributed by atoms with Gasteiger partial charge in [-0.3, -0.25) is 14.9 Å². The molecule has 0 unspecified atom stereocenters. The number of carbonyl (C=O) groups is 2. The molecular formula is C18H18N4O6. The van der Waals surface area contributed by atoms with E-state index >= 15 is 0 Å². The summed E-state index contributed by atoms with van der Waals surface area (Å²) >= 11 is 0. The molecule has 0 bridgehead atoms. The second kappa shape index (κ2) is 8.35. The Morgan fingerprint density at radius 2 is 1.96 bits per heavy atom. The zero-order valence-corrected chi connectivity index (χ0v) is 15.2. The van der Waals surface area contributed by atoms with Gasteiger partial charge in [0, 0.05) is 18.5 Å². The fourth-order valence-electron chi connectivity index (χ4n) is 2.57. The number of anilines is 2. The van der Waals surface area contributed by atoms with E-state index in [0.29, 0.717) is 11.4 Å². The number of aromatic amines is 1. The first-order valence-electron chi connectivity index (χ1n) is 8.30. The first-order chi connectivity index (χ1) is 13.5. The van der Waals surface area contributed by atoms with Crippen LogP contribution in [0.3, 0.4) is 0 Å². The Hall–Kier alpha value is -3.66. The van der Waals surface area contributed by atoms with Crippen LogP contribution in [0.4, 0.5) is 16.2 Å². The van der Waals surface area contributed by atoms with Crippen molar-refractivity contribution in [3.8, 4) is 0 Å². The van der Waals surface area contributed by atoms with Gasteiger partial charge in [0.25, 0.3) is 11.5 Å². The van der Waals surface area contributed by atoms with Gasteiger partial charge < -0.3 is 24.2 Å². The van der Waals surface area contributed by atoms with E-state index in [1.165, 1.54) is 13.4 Å². The third-order valence-corrected chi connectivity index (χ3v) is 3.78. The van der Waals surface area contributed by atoms with Crippen LogP contribution < -0.4 is 16.2 Å².